The van der Waals surface area contributed by atoms with E-state index in [9.17, 15) is 5.26 Å². The van der Waals surface area contributed by atoms with E-state index in [2.05, 4.69) is 36.0 Å². The summed E-state index contributed by atoms with van der Waals surface area (Å²) in [5.74, 6) is 0.552. The van der Waals surface area contributed by atoms with Gasteiger partial charge in [-0.05, 0) is 41.2 Å². The summed E-state index contributed by atoms with van der Waals surface area (Å²) in [5, 5.41) is 13.0. The van der Waals surface area contributed by atoms with Crippen molar-refractivity contribution in [2.45, 2.75) is 25.9 Å². The van der Waals surface area contributed by atoms with Crippen molar-refractivity contribution in [2.24, 2.45) is 4.99 Å². The largest absolute Gasteiger partial charge is 0.475 e. The zero-order valence-electron chi connectivity index (χ0n) is 18.9. The van der Waals surface area contributed by atoms with Gasteiger partial charge in [0.25, 0.3) is 0 Å². The van der Waals surface area contributed by atoms with E-state index in [1.807, 2.05) is 36.4 Å². The lowest BCUT2D eigenvalue weighted by molar-refractivity contribution is -0.103. The topological polar surface area (TPSA) is 75.9 Å². The van der Waals surface area contributed by atoms with E-state index in [0.717, 1.165) is 36.2 Å². The van der Waals surface area contributed by atoms with E-state index in [4.69, 9.17) is 14.2 Å². The quantitative estimate of drug-likeness (QED) is 0.397. The van der Waals surface area contributed by atoms with Crippen LogP contribution in [0.2, 0.25) is 0 Å². The molecule has 1 aromatic rings. The second-order valence-electron chi connectivity index (χ2n) is 7.49. The van der Waals surface area contributed by atoms with Crippen molar-refractivity contribution in [2.75, 3.05) is 40.0 Å². The van der Waals surface area contributed by atoms with Gasteiger partial charge in [-0.25, -0.2) is 0 Å². The molecule has 6 heteroatoms. The molecule has 0 radical (unpaired) electrons. The third kappa shape index (κ3) is 5.97. The van der Waals surface area contributed by atoms with E-state index in [0.29, 0.717) is 37.9 Å². The van der Waals surface area contributed by atoms with Crippen LogP contribution in [0.1, 0.15) is 30.9 Å². The summed E-state index contributed by atoms with van der Waals surface area (Å²) in [5.41, 5.74) is 5.91. The molecule has 6 nitrogen and oxygen atoms in total. The zero-order chi connectivity index (χ0) is 22.8. The van der Waals surface area contributed by atoms with Gasteiger partial charge < -0.3 is 19.5 Å². The maximum atomic E-state index is 9.49. The molecule has 3 rings (SSSR count). The molecule has 0 bridgehead atoms. The standard InChI is InChI=1S/C26H31N3O3/c1-4-19(24-9-7-6-8-21(24)16-27)14-20-10-11-29-25(23(20)5-2)15-26(28-3)32-18-22-17-30-12-13-31-22/h4,6-9,14-15,22,29H,1,5,10-13,17-18H2,2-3H3/b19-14+,25-15-,28-26+/t22-/m0/s1. The van der Waals surface area contributed by atoms with Gasteiger partial charge in [0.15, 0.2) is 0 Å². The molecule has 1 atom stereocenters. The molecular formula is C26H31N3O3. The van der Waals surface area contributed by atoms with Gasteiger partial charge in [0.05, 0.1) is 31.5 Å². The molecule has 2 aliphatic rings. The van der Waals surface area contributed by atoms with Gasteiger partial charge in [0, 0.05) is 25.4 Å². The molecule has 2 aliphatic heterocycles. The first-order valence-corrected chi connectivity index (χ1v) is 11.0. The van der Waals surface area contributed by atoms with Crippen LogP contribution in [-0.4, -0.2) is 52.0 Å². The second kappa shape index (κ2) is 12.0. The van der Waals surface area contributed by atoms with Gasteiger partial charge in [0.2, 0.25) is 5.90 Å². The molecule has 168 valence electrons. The van der Waals surface area contributed by atoms with Crippen LogP contribution in [0.4, 0.5) is 0 Å². The Morgan fingerprint density at radius 3 is 2.91 bits per heavy atom. The number of hydrogen-bond donors (Lipinski definition) is 1. The van der Waals surface area contributed by atoms with Crippen LogP contribution in [0.25, 0.3) is 5.57 Å². The van der Waals surface area contributed by atoms with Crippen LogP contribution in [0.5, 0.6) is 0 Å². The van der Waals surface area contributed by atoms with Gasteiger partial charge in [-0.1, -0.05) is 43.9 Å². The minimum atomic E-state index is -0.0757. The summed E-state index contributed by atoms with van der Waals surface area (Å²) in [6.45, 7) is 9.09. The average Bonchev–Trinajstić information content (AvgIpc) is 2.85. The van der Waals surface area contributed by atoms with Crippen molar-refractivity contribution in [3.63, 3.8) is 0 Å². The fourth-order valence-electron chi connectivity index (χ4n) is 3.85. The van der Waals surface area contributed by atoms with Gasteiger partial charge in [-0.3, -0.25) is 4.99 Å². The predicted molar refractivity (Wildman–Crippen MR) is 127 cm³/mol. The Morgan fingerprint density at radius 2 is 2.22 bits per heavy atom. The Balaban J connectivity index is 1.87. The molecule has 0 unspecified atom stereocenters. The van der Waals surface area contributed by atoms with Crippen molar-refractivity contribution < 1.29 is 14.2 Å². The van der Waals surface area contributed by atoms with Gasteiger partial charge >= 0.3 is 0 Å². The summed E-state index contributed by atoms with van der Waals surface area (Å²) in [7, 11) is 1.72. The lowest BCUT2D eigenvalue weighted by atomic mass is 9.91. The smallest absolute Gasteiger partial charge is 0.210 e. The summed E-state index contributed by atoms with van der Waals surface area (Å²) in [6, 6.07) is 9.89. The molecule has 1 aromatic carbocycles. The number of nitriles is 1. The minimum Gasteiger partial charge on any atom is -0.475 e. The number of ether oxygens (including phenoxy) is 3. The predicted octanol–water partition coefficient (Wildman–Crippen LogP) is 4.17. The van der Waals surface area contributed by atoms with E-state index in [1.54, 1.807) is 7.05 Å². The number of rotatable bonds is 7. The van der Waals surface area contributed by atoms with Crippen LogP contribution >= 0.6 is 0 Å². The fraction of sp³-hybridized carbons (Fsp3) is 0.385. The van der Waals surface area contributed by atoms with Crippen LogP contribution < -0.4 is 5.32 Å². The SMILES string of the molecule is C=C/C(=C\C1=C(CC)C(=C/C(=N\C)OC[C@@H]2COCCO2)/NCC1)c1ccccc1C#N. The van der Waals surface area contributed by atoms with E-state index in [1.165, 1.54) is 11.1 Å². The number of benzene rings is 1. The van der Waals surface area contributed by atoms with Gasteiger partial charge in [-0.2, -0.15) is 5.26 Å². The summed E-state index contributed by atoms with van der Waals surface area (Å²) >= 11 is 0. The lowest BCUT2D eigenvalue weighted by Gasteiger charge is -2.25. The van der Waals surface area contributed by atoms with Crippen molar-refractivity contribution in [3.05, 3.63) is 77.0 Å². The molecule has 1 fully saturated rings. The van der Waals surface area contributed by atoms with E-state index >= 15 is 0 Å². The highest BCUT2D eigenvalue weighted by atomic mass is 16.6. The fourth-order valence-corrected chi connectivity index (χ4v) is 3.85. The molecule has 0 amide bonds. The zero-order valence-corrected chi connectivity index (χ0v) is 18.9. The highest BCUT2D eigenvalue weighted by Crippen LogP contribution is 2.29. The summed E-state index contributed by atoms with van der Waals surface area (Å²) in [6.07, 6.45) is 7.58. The van der Waals surface area contributed by atoms with E-state index in [-0.39, 0.29) is 6.10 Å². The Kier molecular flexibility index (Phi) is 8.85. The first kappa shape index (κ1) is 23.5. The number of hydrogen-bond acceptors (Lipinski definition) is 6. The highest BCUT2D eigenvalue weighted by Gasteiger charge is 2.18. The number of nitrogens with zero attached hydrogens (tertiary/aromatic N) is 2. The molecule has 0 spiro atoms. The Hall–Kier alpha value is -3.14. The van der Waals surface area contributed by atoms with Crippen LogP contribution in [0.15, 0.2) is 70.9 Å². The van der Waals surface area contributed by atoms with Crippen molar-refractivity contribution in [1.82, 2.24) is 5.32 Å². The van der Waals surface area contributed by atoms with Crippen molar-refractivity contribution in [1.29, 1.82) is 5.26 Å². The maximum absolute atomic E-state index is 9.49. The Labute approximate surface area is 190 Å². The Bertz CT molecular complexity index is 976. The average molecular weight is 434 g/mol. The molecule has 0 saturated carbocycles. The van der Waals surface area contributed by atoms with Crippen molar-refractivity contribution in [3.8, 4) is 6.07 Å². The molecule has 0 aromatic heterocycles. The molecule has 0 aliphatic carbocycles. The van der Waals surface area contributed by atoms with Crippen molar-refractivity contribution >= 4 is 11.5 Å². The third-order valence-electron chi connectivity index (χ3n) is 5.47. The molecule has 2 heterocycles. The third-order valence-corrected chi connectivity index (χ3v) is 5.47. The first-order valence-electron chi connectivity index (χ1n) is 11.0. The molecular weight excluding hydrogens is 402 g/mol. The van der Waals surface area contributed by atoms with Gasteiger partial charge in [0.1, 0.15) is 12.7 Å². The second-order valence-corrected chi connectivity index (χ2v) is 7.49. The van der Waals surface area contributed by atoms with Gasteiger partial charge in [-0.15, -0.1) is 0 Å². The molecule has 1 saturated heterocycles. The van der Waals surface area contributed by atoms with E-state index < -0.39 is 0 Å². The van der Waals surface area contributed by atoms with Crippen LogP contribution in [0, 0.1) is 11.3 Å². The van der Waals surface area contributed by atoms with Crippen LogP contribution in [-0.2, 0) is 14.2 Å². The van der Waals surface area contributed by atoms with Crippen LogP contribution in [0.3, 0.4) is 0 Å². The number of allylic oxidation sites excluding steroid dienone is 4. The number of nitrogens with one attached hydrogen (secondary N) is 1. The first-order chi connectivity index (χ1) is 15.7. The lowest BCUT2D eigenvalue weighted by Crippen LogP contribution is -2.33. The summed E-state index contributed by atoms with van der Waals surface area (Å²) in [4.78, 5) is 4.30. The monoisotopic (exact) mass is 433 g/mol. The normalized spacial score (nSPS) is 21.2. The number of aliphatic imine (C=N–C) groups is 1. The highest BCUT2D eigenvalue weighted by molar-refractivity contribution is 5.89. The summed E-state index contributed by atoms with van der Waals surface area (Å²) < 4.78 is 17.0. The maximum Gasteiger partial charge on any atom is 0.210 e. The minimum absolute atomic E-state index is 0.0757. The Morgan fingerprint density at radius 1 is 1.38 bits per heavy atom. The molecule has 32 heavy (non-hydrogen) atoms. The molecule has 1 N–H and O–H groups in total.